The third-order valence-corrected chi connectivity index (χ3v) is 7.04. The van der Waals surface area contributed by atoms with Crippen molar-refractivity contribution in [3.05, 3.63) is 96.2 Å². The maximum atomic E-state index is 11.5. The molecule has 0 spiro atoms. The topological polar surface area (TPSA) is 170 Å². The highest BCUT2D eigenvalue weighted by molar-refractivity contribution is 5.90. The predicted octanol–water partition coefficient (Wildman–Crippen LogP) is 3.29. The molecule has 1 aliphatic rings. The number of rotatable bonds is 14. The number of nitrogens with two attached hydrogens (primary N) is 1. The number of aliphatic imine (C=N–C) groups is 1. The molecule has 1 aliphatic heterocycles. The summed E-state index contributed by atoms with van der Waals surface area (Å²) in [6.45, 7) is 1.91. The number of aryl methyl sites for hydroxylation is 1. The Bertz CT molecular complexity index is 1280. The van der Waals surface area contributed by atoms with E-state index in [-0.39, 0.29) is 18.8 Å². The number of nitrogens with zero attached hydrogens (tertiary/aromatic N) is 3. The lowest BCUT2D eigenvalue weighted by atomic mass is 10.1. The van der Waals surface area contributed by atoms with Crippen molar-refractivity contribution in [2.75, 3.05) is 32.1 Å². The number of likely N-dealkylation sites (tertiary alicyclic amines) is 1. The van der Waals surface area contributed by atoms with Crippen molar-refractivity contribution in [3.8, 4) is 0 Å². The van der Waals surface area contributed by atoms with Crippen LogP contribution in [0.15, 0.2) is 90.1 Å². The lowest BCUT2D eigenvalue weighted by Crippen LogP contribution is -2.46. The number of hydrogen-bond donors (Lipinski definition) is 5. The summed E-state index contributed by atoms with van der Waals surface area (Å²) in [6, 6.07) is 25.2. The Morgan fingerprint density at radius 3 is 2.29 bits per heavy atom. The van der Waals surface area contributed by atoms with Crippen LogP contribution in [0.5, 0.6) is 0 Å². The second kappa shape index (κ2) is 22.0. The number of guanidine groups is 1. The van der Waals surface area contributed by atoms with Crippen LogP contribution >= 0.6 is 0 Å². The lowest BCUT2D eigenvalue weighted by Gasteiger charge is -2.19. The number of Topliss-reactive ketones (excluding diaryl/α,β-unsaturated/α-hetero) is 1. The van der Waals surface area contributed by atoms with Crippen molar-refractivity contribution in [3.63, 3.8) is 0 Å². The zero-order valence-electron chi connectivity index (χ0n) is 25.9. The smallest absolute Gasteiger partial charge is 0.303 e. The Kier molecular flexibility index (Phi) is 17.9. The number of hydrogen-bond acceptors (Lipinski definition) is 8. The van der Waals surface area contributed by atoms with Gasteiger partial charge in [0, 0.05) is 31.6 Å². The number of carbonyl (C=O) groups is 3. The van der Waals surface area contributed by atoms with Crippen LogP contribution in [0, 0.1) is 0 Å². The minimum atomic E-state index is -1.02. The first-order valence-corrected chi connectivity index (χ1v) is 15.1. The number of ketones is 1. The van der Waals surface area contributed by atoms with Gasteiger partial charge in [0.05, 0.1) is 12.6 Å². The number of benzene rings is 2. The molecule has 2 atom stereocenters. The van der Waals surface area contributed by atoms with Gasteiger partial charge in [-0.15, -0.1) is 0 Å². The highest BCUT2D eigenvalue weighted by atomic mass is 16.4. The molecule has 1 fully saturated rings. The molecule has 6 N–H and O–H groups in total. The van der Waals surface area contributed by atoms with E-state index in [2.05, 4.69) is 32.6 Å². The molecule has 0 aliphatic carbocycles. The van der Waals surface area contributed by atoms with Gasteiger partial charge < -0.3 is 36.3 Å². The second-order valence-corrected chi connectivity index (χ2v) is 10.5. The molecule has 11 nitrogen and oxygen atoms in total. The van der Waals surface area contributed by atoms with E-state index in [4.69, 9.17) is 15.9 Å². The molecule has 1 aromatic heterocycles. The van der Waals surface area contributed by atoms with Gasteiger partial charge >= 0.3 is 5.97 Å². The number of likely N-dealkylation sites (N-methyl/N-ethyl adjacent to an activating group) is 1. The number of carbonyl (C=O) groups excluding carboxylic acids is 2. The first kappa shape index (κ1) is 36.6. The summed E-state index contributed by atoms with van der Waals surface area (Å²) >= 11 is 0. The average Bonchev–Trinajstić information content (AvgIpc) is 3.49. The van der Waals surface area contributed by atoms with Crippen molar-refractivity contribution in [1.82, 2.24) is 15.2 Å². The van der Waals surface area contributed by atoms with Crippen LogP contribution in [0.3, 0.4) is 0 Å². The Hall–Kier alpha value is -4.61. The second-order valence-electron chi connectivity index (χ2n) is 10.5. The van der Waals surface area contributed by atoms with E-state index in [9.17, 15) is 14.4 Å². The van der Waals surface area contributed by atoms with Crippen molar-refractivity contribution in [1.29, 1.82) is 0 Å². The van der Waals surface area contributed by atoms with E-state index >= 15 is 0 Å². The van der Waals surface area contributed by atoms with Crippen LogP contribution in [-0.2, 0) is 27.3 Å². The van der Waals surface area contributed by atoms with E-state index in [1.807, 2.05) is 85.1 Å². The largest absolute Gasteiger partial charge is 0.481 e. The minimum Gasteiger partial charge on any atom is -0.481 e. The number of pyridine rings is 1. The van der Waals surface area contributed by atoms with Gasteiger partial charge in [0.15, 0.2) is 11.7 Å². The minimum absolute atomic E-state index is 0.0380. The quantitative estimate of drug-likeness (QED) is 0.103. The monoisotopic (exact) mass is 618 g/mol. The van der Waals surface area contributed by atoms with Crippen LogP contribution < -0.4 is 16.4 Å². The molecular formula is C34H46N6O5. The summed E-state index contributed by atoms with van der Waals surface area (Å²) in [5.41, 5.74) is 7.87. The summed E-state index contributed by atoms with van der Waals surface area (Å²) < 4.78 is 0. The first-order valence-electron chi connectivity index (χ1n) is 15.1. The molecule has 242 valence electrons. The maximum Gasteiger partial charge on any atom is 0.303 e. The molecule has 3 aromatic rings. The molecule has 0 radical (unpaired) electrons. The fourth-order valence-electron chi connectivity index (χ4n) is 4.47. The third kappa shape index (κ3) is 16.2. The number of aliphatic carboxylic acids is 1. The number of anilines is 1. The van der Waals surface area contributed by atoms with Crippen LogP contribution in [-0.4, -0.2) is 82.9 Å². The number of aromatic nitrogens is 1. The summed E-state index contributed by atoms with van der Waals surface area (Å²) in [7, 11) is 2.19. The molecule has 4 rings (SSSR count). The van der Waals surface area contributed by atoms with Gasteiger partial charge in [-0.05, 0) is 62.5 Å². The number of aliphatic hydroxyl groups excluding tert-OH is 1. The van der Waals surface area contributed by atoms with Crippen LogP contribution in [0.25, 0.3) is 0 Å². The number of aliphatic hydroxyl groups is 1. The molecule has 2 unspecified atom stereocenters. The van der Waals surface area contributed by atoms with Gasteiger partial charge in [0.2, 0.25) is 0 Å². The summed E-state index contributed by atoms with van der Waals surface area (Å²) in [5.74, 6) is -0.523. The Labute approximate surface area is 265 Å². The SMILES string of the molecule is CN1CCCC1CNc1ccccn1.NC(=NCc1ccccc1)NC(CCC(=O)O)C(=O)CO.O=CCCc1ccccc1. The fourth-order valence-corrected chi connectivity index (χ4v) is 4.47. The van der Waals surface area contributed by atoms with E-state index in [1.165, 1.54) is 24.9 Å². The van der Waals surface area contributed by atoms with Crippen LogP contribution in [0.2, 0.25) is 0 Å². The zero-order chi connectivity index (χ0) is 32.7. The zero-order valence-corrected chi connectivity index (χ0v) is 25.9. The normalized spacial score (nSPS) is 15.0. The Morgan fingerprint density at radius 1 is 1.07 bits per heavy atom. The first-order chi connectivity index (χ1) is 21.8. The van der Waals surface area contributed by atoms with Crippen molar-refractivity contribution < 1.29 is 24.6 Å². The third-order valence-electron chi connectivity index (χ3n) is 7.04. The van der Waals surface area contributed by atoms with E-state index in [1.54, 1.807) is 0 Å². The van der Waals surface area contributed by atoms with E-state index in [0.29, 0.717) is 19.0 Å². The Morgan fingerprint density at radius 2 is 1.73 bits per heavy atom. The highest BCUT2D eigenvalue weighted by Crippen LogP contribution is 2.15. The maximum absolute atomic E-state index is 11.5. The number of nitrogens with one attached hydrogen (secondary N) is 2. The molecule has 1 saturated heterocycles. The summed E-state index contributed by atoms with van der Waals surface area (Å²) in [5, 5.41) is 23.5. The standard InChI is InChI=1S/C14H19N3O4.C11H17N3.C9H10O/c15-14(16-8-10-4-2-1-3-5-10)17-11(12(19)9-18)6-7-13(20)21;1-14-8-4-5-10(14)9-13-11-6-2-3-7-12-11;10-8-4-7-9-5-2-1-3-6-9/h1-5,11,18H,6-9H2,(H,20,21)(H3,15,16,17);2-3,6-7,10H,4-5,8-9H2,1H3,(H,12,13);1-3,5-6,8H,4,7H2. The highest BCUT2D eigenvalue weighted by Gasteiger charge is 2.20. The van der Waals surface area contributed by atoms with Gasteiger partial charge in [0.25, 0.3) is 0 Å². The molecule has 45 heavy (non-hydrogen) atoms. The number of carboxylic acid groups (broad SMARTS) is 1. The van der Waals surface area contributed by atoms with Crippen molar-refractivity contribution in [2.24, 2.45) is 10.7 Å². The lowest BCUT2D eigenvalue weighted by molar-refractivity contribution is -0.137. The van der Waals surface area contributed by atoms with Crippen LogP contribution in [0.4, 0.5) is 5.82 Å². The predicted molar refractivity (Wildman–Crippen MR) is 177 cm³/mol. The van der Waals surface area contributed by atoms with E-state index in [0.717, 1.165) is 30.6 Å². The van der Waals surface area contributed by atoms with Gasteiger partial charge in [0.1, 0.15) is 18.7 Å². The number of carboxylic acids is 1. The van der Waals surface area contributed by atoms with Gasteiger partial charge in [-0.25, -0.2) is 9.98 Å². The summed E-state index contributed by atoms with van der Waals surface area (Å²) in [6.07, 6.45) is 6.73. The van der Waals surface area contributed by atoms with Gasteiger partial charge in [-0.1, -0.05) is 66.7 Å². The van der Waals surface area contributed by atoms with Crippen LogP contribution in [0.1, 0.15) is 43.2 Å². The molecule has 11 heteroatoms. The average molecular weight is 619 g/mol. The molecule has 0 saturated carbocycles. The van der Waals surface area contributed by atoms with Crippen molar-refractivity contribution in [2.45, 2.75) is 57.2 Å². The molecule has 2 aromatic carbocycles. The molecular weight excluding hydrogens is 572 g/mol. The Balaban J connectivity index is 0.000000252. The summed E-state index contributed by atoms with van der Waals surface area (Å²) in [4.78, 5) is 42.8. The van der Waals surface area contributed by atoms with Gasteiger partial charge in [-0.3, -0.25) is 9.59 Å². The number of aldehydes is 1. The van der Waals surface area contributed by atoms with E-state index < -0.39 is 24.4 Å². The fraction of sp³-hybridized carbons (Fsp3) is 0.382. The van der Waals surface area contributed by atoms with Gasteiger partial charge in [-0.2, -0.15) is 0 Å². The molecule has 0 amide bonds. The van der Waals surface area contributed by atoms with Crippen molar-refractivity contribution >= 4 is 29.8 Å². The molecule has 0 bridgehead atoms. The molecule has 2 heterocycles.